The predicted molar refractivity (Wildman–Crippen MR) is 65.0 cm³/mol. The highest BCUT2D eigenvalue weighted by atomic mass is 19.1. The molecule has 1 amide bonds. The van der Waals surface area contributed by atoms with Crippen LogP contribution in [0.5, 0.6) is 0 Å². The summed E-state index contributed by atoms with van der Waals surface area (Å²) in [5.41, 5.74) is 6.36. The van der Waals surface area contributed by atoms with Gasteiger partial charge in [-0.2, -0.15) is 4.98 Å². The Morgan fingerprint density at radius 1 is 1.42 bits per heavy atom. The van der Waals surface area contributed by atoms with Crippen molar-refractivity contribution in [2.45, 2.75) is 0 Å². The van der Waals surface area contributed by atoms with Gasteiger partial charge in [0.15, 0.2) is 0 Å². The summed E-state index contributed by atoms with van der Waals surface area (Å²) in [6, 6.07) is 4.37. The molecule has 2 heterocycles. The number of nitrogen functional groups attached to an aromatic ring is 1. The van der Waals surface area contributed by atoms with Crippen molar-refractivity contribution < 1.29 is 18.3 Å². The van der Waals surface area contributed by atoms with Gasteiger partial charge in [0.25, 0.3) is 6.01 Å². The Labute approximate surface area is 107 Å². The summed E-state index contributed by atoms with van der Waals surface area (Å²) in [4.78, 5) is 16.6. The number of ether oxygens (including phenoxy) is 1. The molecular weight excluding hydrogens is 253 g/mol. The number of anilines is 2. The van der Waals surface area contributed by atoms with Crippen LogP contribution in [0.15, 0.2) is 28.9 Å². The van der Waals surface area contributed by atoms with Gasteiger partial charge in [0.2, 0.25) is 0 Å². The Balaban J connectivity index is 1.96. The number of nitrogens with two attached hydrogens (primary N) is 1. The monoisotopic (exact) mass is 263 g/mol. The first-order valence-corrected chi connectivity index (χ1v) is 5.60. The van der Waals surface area contributed by atoms with Gasteiger partial charge < -0.3 is 14.9 Å². The quantitative estimate of drug-likeness (QED) is 0.896. The van der Waals surface area contributed by atoms with Crippen LogP contribution >= 0.6 is 0 Å². The molecule has 6 nitrogen and oxygen atoms in total. The molecule has 2 aromatic rings. The molecule has 1 aliphatic heterocycles. The molecule has 0 spiro atoms. The maximum absolute atomic E-state index is 14.0. The lowest BCUT2D eigenvalue weighted by Gasteiger charge is -2.13. The van der Waals surface area contributed by atoms with Crippen molar-refractivity contribution in [3.8, 4) is 11.3 Å². The van der Waals surface area contributed by atoms with E-state index in [-0.39, 0.29) is 11.6 Å². The minimum atomic E-state index is -0.509. The highest BCUT2D eigenvalue weighted by Crippen LogP contribution is 2.28. The molecule has 0 atom stereocenters. The van der Waals surface area contributed by atoms with Crippen molar-refractivity contribution in [3.63, 3.8) is 0 Å². The minimum absolute atomic E-state index is 0.0263. The molecule has 0 radical (unpaired) electrons. The van der Waals surface area contributed by atoms with E-state index in [4.69, 9.17) is 14.9 Å². The Kier molecular flexibility index (Phi) is 2.59. The van der Waals surface area contributed by atoms with E-state index in [0.717, 1.165) is 0 Å². The van der Waals surface area contributed by atoms with Crippen molar-refractivity contribution in [3.05, 3.63) is 30.3 Å². The molecule has 7 heteroatoms. The van der Waals surface area contributed by atoms with E-state index >= 15 is 0 Å². The molecule has 0 unspecified atom stereocenters. The smallest absolute Gasteiger partial charge is 0.414 e. The van der Waals surface area contributed by atoms with Crippen LogP contribution in [0.2, 0.25) is 0 Å². The Morgan fingerprint density at radius 2 is 2.26 bits per heavy atom. The number of oxazole rings is 1. The maximum atomic E-state index is 14.0. The summed E-state index contributed by atoms with van der Waals surface area (Å²) < 4.78 is 23.7. The third kappa shape index (κ3) is 1.99. The second-order valence-electron chi connectivity index (χ2n) is 4.00. The molecule has 1 aliphatic rings. The van der Waals surface area contributed by atoms with Crippen LogP contribution in [0.1, 0.15) is 0 Å². The standard InChI is InChI=1S/C12H10FN3O3/c13-9-5-7(16-3-4-18-12(16)17)1-2-8(9)10-6-19-11(14)15-10/h1-2,5-6H,3-4H2,(H2,14,15). The first-order chi connectivity index (χ1) is 9.15. The molecule has 1 aromatic carbocycles. The van der Waals surface area contributed by atoms with E-state index in [1.54, 1.807) is 6.07 Å². The van der Waals surface area contributed by atoms with E-state index in [1.807, 2.05) is 0 Å². The van der Waals surface area contributed by atoms with Gasteiger partial charge in [0.1, 0.15) is 24.4 Å². The number of nitrogens with zero attached hydrogens (tertiary/aromatic N) is 2. The maximum Gasteiger partial charge on any atom is 0.414 e. The molecule has 0 aliphatic carbocycles. The number of cyclic esters (lactones) is 1. The normalized spacial score (nSPS) is 14.8. The summed E-state index contributed by atoms with van der Waals surface area (Å²) in [6.07, 6.45) is 0.801. The van der Waals surface area contributed by atoms with Gasteiger partial charge in [-0.1, -0.05) is 0 Å². The van der Waals surface area contributed by atoms with E-state index in [1.165, 1.54) is 23.3 Å². The molecule has 1 saturated heterocycles. The van der Waals surface area contributed by atoms with Gasteiger partial charge in [0, 0.05) is 5.56 Å². The second-order valence-corrected chi connectivity index (χ2v) is 4.00. The summed E-state index contributed by atoms with van der Waals surface area (Å²) in [5, 5.41) is 0. The largest absolute Gasteiger partial charge is 0.447 e. The lowest BCUT2D eigenvalue weighted by atomic mass is 10.1. The number of carbonyl (C=O) groups is 1. The van der Waals surface area contributed by atoms with Gasteiger partial charge in [0.05, 0.1) is 12.2 Å². The molecule has 0 saturated carbocycles. The Morgan fingerprint density at radius 3 is 2.84 bits per heavy atom. The fraction of sp³-hybridized carbons (Fsp3) is 0.167. The van der Waals surface area contributed by atoms with Gasteiger partial charge in [-0.3, -0.25) is 4.90 Å². The number of aromatic nitrogens is 1. The van der Waals surface area contributed by atoms with Crippen LogP contribution in [-0.4, -0.2) is 24.2 Å². The Bertz CT molecular complexity index is 641. The van der Waals surface area contributed by atoms with Gasteiger partial charge in [-0.25, -0.2) is 9.18 Å². The van der Waals surface area contributed by atoms with Gasteiger partial charge in [-0.05, 0) is 18.2 Å². The van der Waals surface area contributed by atoms with Crippen LogP contribution < -0.4 is 10.6 Å². The lowest BCUT2D eigenvalue weighted by molar-refractivity contribution is 0.181. The zero-order valence-corrected chi connectivity index (χ0v) is 9.80. The second kappa shape index (κ2) is 4.27. The predicted octanol–water partition coefficient (Wildman–Crippen LogP) is 2.02. The number of rotatable bonds is 2. The highest BCUT2D eigenvalue weighted by Gasteiger charge is 2.24. The van der Waals surface area contributed by atoms with Crippen molar-refractivity contribution in [1.29, 1.82) is 0 Å². The summed E-state index contributed by atoms with van der Waals surface area (Å²) in [5.74, 6) is -0.509. The fourth-order valence-corrected chi connectivity index (χ4v) is 1.92. The van der Waals surface area contributed by atoms with E-state index in [0.29, 0.717) is 24.5 Å². The molecule has 19 heavy (non-hydrogen) atoms. The number of amides is 1. The first-order valence-electron chi connectivity index (χ1n) is 5.60. The topological polar surface area (TPSA) is 81.6 Å². The zero-order valence-electron chi connectivity index (χ0n) is 9.80. The molecule has 0 bridgehead atoms. The zero-order chi connectivity index (χ0) is 13.4. The van der Waals surface area contributed by atoms with Crippen molar-refractivity contribution in [1.82, 2.24) is 4.98 Å². The van der Waals surface area contributed by atoms with E-state index in [9.17, 15) is 9.18 Å². The van der Waals surface area contributed by atoms with Crippen LogP contribution in [0.3, 0.4) is 0 Å². The Hall–Kier alpha value is -2.57. The number of hydrogen-bond acceptors (Lipinski definition) is 5. The molecule has 2 N–H and O–H groups in total. The summed E-state index contributed by atoms with van der Waals surface area (Å²) in [6.45, 7) is 0.719. The van der Waals surface area contributed by atoms with Gasteiger partial charge >= 0.3 is 6.09 Å². The van der Waals surface area contributed by atoms with Crippen LogP contribution in [0, 0.1) is 5.82 Å². The average molecular weight is 263 g/mol. The van der Waals surface area contributed by atoms with E-state index in [2.05, 4.69) is 4.98 Å². The fourth-order valence-electron chi connectivity index (χ4n) is 1.92. The van der Waals surface area contributed by atoms with Crippen LogP contribution in [0.4, 0.5) is 20.9 Å². The third-order valence-corrected chi connectivity index (χ3v) is 2.82. The van der Waals surface area contributed by atoms with Crippen molar-refractivity contribution in [2.24, 2.45) is 0 Å². The summed E-state index contributed by atoms with van der Waals surface area (Å²) >= 11 is 0. The molecule has 3 rings (SSSR count). The van der Waals surface area contributed by atoms with Crippen molar-refractivity contribution >= 4 is 17.8 Å². The number of carbonyl (C=O) groups excluding carboxylic acids is 1. The SMILES string of the molecule is Nc1nc(-c2ccc(N3CCOC3=O)cc2F)co1. The third-order valence-electron chi connectivity index (χ3n) is 2.82. The lowest BCUT2D eigenvalue weighted by Crippen LogP contribution is -2.23. The van der Waals surface area contributed by atoms with Crippen LogP contribution in [0.25, 0.3) is 11.3 Å². The number of halogens is 1. The molecular formula is C12H10FN3O3. The van der Waals surface area contributed by atoms with E-state index < -0.39 is 11.9 Å². The molecule has 98 valence electrons. The van der Waals surface area contributed by atoms with Crippen LogP contribution in [-0.2, 0) is 4.74 Å². The average Bonchev–Trinajstić information content (AvgIpc) is 2.98. The first kappa shape index (κ1) is 11.5. The minimum Gasteiger partial charge on any atom is -0.447 e. The van der Waals surface area contributed by atoms with Crippen molar-refractivity contribution in [2.75, 3.05) is 23.8 Å². The summed E-state index contributed by atoms with van der Waals surface area (Å²) in [7, 11) is 0. The van der Waals surface area contributed by atoms with Gasteiger partial charge in [-0.15, -0.1) is 0 Å². The molecule has 1 aromatic heterocycles. The number of benzene rings is 1. The highest BCUT2D eigenvalue weighted by molar-refractivity contribution is 5.89. The molecule has 1 fully saturated rings. The number of hydrogen-bond donors (Lipinski definition) is 1.